The molecule has 0 saturated carbocycles. The van der Waals surface area contributed by atoms with Gasteiger partial charge in [-0.1, -0.05) is 12.8 Å². The highest BCUT2D eigenvalue weighted by atomic mass is 16.5. The second-order valence-electron chi connectivity index (χ2n) is 5.75. The molecule has 0 spiro atoms. The molecule has 3 atom stereocenters. The molecule has 0 aromatic rings. The maximum absolute atomic E-state index is 12.1. The molecule has 5 nitrogen and oxygen atoms in total. The minimum absolute atomic E-state index is 0.166. The zero-order chi connectivity index (χ0) is 15.1. The fraction of sp³-hybridized carbons (Fsp3) is 0.867. The van der Waals surface area contributed by atoms with E-state index in [2.05, 4.69) is 18.7 Å². The van der Waals surface area contributed by atoms with Crippen molar-refractivity contribution in [3.05, 3.63) is 0 Å². The van der Waals surface area contributed by atoms with Crippen LogP contribution < -0.4 is 0 Å². The zero-order valence-corrected chi connectivity index (χ0v) is 12.8. The summed E-state index contributed by atoms with van der Waals surface area (Å²) >= 11 is 0. The summed E-state index contributed by atoms with van der Waals surface area (Å²) in [6, 6.07) is 0.517. The van der Waals surface area contributed by atoms with Crippen molar-refractivity contribution < 1.29 is 19.4 Å². The molecule has 1 aliphatic heterocycles. The third-order valence-electron chi connectivity index (χ3n) is 4.21. The van der Waals surface area contributed by atoms with Gasteiger partial charge in [0, 0.05) is 18.5 Å². The number of hydrogen-bond donors (Lipinski definition) is 1. The molecular formula is C15H27NO4. The standard InChI is InChI=1S/C15H27NO4/c1-11-7-6-8-12(2)16(11)13(15(19)20-3)9-4-5-10-14(17)18/h11-13H,4-10H2,1-3H3,(H,17,18). The lowest BCUT2D eigenvalue weighted by Crippen LogP contribution is -2.53. The number of esters is 1. The van der Waals surface area contributed by atoms with Gasteiger partial charge in [0.25, 0.3) is 0 Å². The quantitative estimate of drug-likeness (QED) is 0.575. The average molecular weight is 285 g/mol. The van der Waals surface area contributed by atoms with Gasteiger partial charge in [0.1, 0.15) is 6.04 Å². The van der Waals surface area contributed by atoms with Crippen LogP contribution in [-0.4, -0.2) is 47.2 Å². The second kappa shape index (κ2) is 8.25. The van der Waals surface area contributed by atoms with Gasteiger partial charge in [-0.3, -0.25) is 14.5 Å². The first-order chi connectivity index (χ1) is 9.47. The van der Waals surface area contributed by atoms with E-state index < -0.39 is 5.97 Å². The summed E-state index contributed by atoms with van der Waals surface area (Å²) in [4.78, 5) is 24.8. The van der Waals surface area contributed by atoms with Crippen LogP contribution in [-0.2, 0) is 14.3 Å². The molecular weight excluding hydrogens is 258 g/mol. The number of methoxy groups -OCH3 is 1. The molecule has 1 fully saturated rings. The Morgan fingerprint density at radius 3 is 2.35 bits per heavy atom. The first-order valence-electron chi connectivity index (χ1n) is 7.54. The molecule has 0 aromatic heterocycles. The third kappa shape index (κ3) is 4.78. The fourth-order valence-electron chi connectivity index (χ4n) is 3.19. The number of carbonyl (C=O) groups excluding carboxylic acids is 1. The molecule has 1 rings (SSSR count). The smallest absolute Gasteiger partial charge is 0.323 e. The number of carboxylic acids is 1. The van der Waals surface area contributed by atoms with Gasteiger partial charge in [-0.05, 0) is 39.5 Å². The number of aliphatic carboxylic acids is 1. The molecule has 1 aliphatic rings. The molecule has 3 unspecified atom stereocenters. The molecule has 1 saturated heterocycles. The van der Waals surface area contributed by atoms with Gasteiger partial charge in [-0.25, -0.2) is 0 Å². The van der Waals surface area contributed by atoms with Crippen molar-refractivity contribution in [1.82, 2.24) is 4.90 Å². The Morgan fingerprint density at radius 2 is 1.85 bits per heavy atom. The Bertz CT molecular complexity index is 322. The molecule has 5 heteroatoms. The van der Waals surface area contributed by atoms with Crippen molar-refractivity contribution in [3.8, 4) is 0 Å². The molecule has 20 heavy (non-hydrogen) atoms. The van der Waals surface area contributed by atoms with E-state index >= 15 is 0 Å². The van der Waals surface area contributed by atoms with E-state index in [1.165, 1.54) is 13.5 Å². The van der Waals surface area contributed by atoms with E-state index in [-0.39, 0.29) is 18.4 Å². The summed E-state index contributed by atoms with van der Waals surface area (Å²) in [5.41, 5.74) is 0. The summed E-state index contributed by atoms with van der Waals surface area (Å²) in [5, 5.41) is 8.66. The average Bonchev–Trinajstić information content (AvgIpc) is 2.39. The highest BCUT2D eigenvalue weighted by Gasteiger charge is 2.35. The number of likely N-dealkylation sites (tertiary alicyclic amines) is 1. The number of carbonyl (C=O) groups is 2. The van der Waals surface area contributed by atoms with Gasteiger partial charge in [-0.2, -0.15) is 0 Å². The molecule has 0 aliphatic carbocycles. The van der Waals surface area contributed by atoms with Crippen LogP contribution in [0.2, 0.25) is 0 Å². The number of nitrogens with zero attached hydrogens (tertiary/aromatic N) is 1. The summed E-state index contributed by atoms with van der Waals surface area (Å²) in [6.45, 7) is 4.31. The Balaban J connectivity index is 2.62. The Hall–Kier alpha value is -1.10. The van der Waals surface area contributed by atoms with Gasteiger partial charge in [0.2, 0.25) is 0 Å². The molecule has 0 amide bonds. The van der Waals surface area contributed by atoms with E-state index in [9.17, 15) is 9.59 Å². The normalized spacial score (nSPS) is 25.1. The second-order valence-corrected chi connectivity index (χ2v) is 5.75. The van der Waals surface area contributed by atoms with E-state index in [1.807, 2.05) is 0 Å². The summed E-state index contributed by atoms with van der Waals surface area (Å²) in [7, 11) is 1.42. The lowest BCUT2D eigenvalue weighted by Gasteiger charge is -2.43. The minimum atomic E-state index is -0.778. The number of carboxylic acid groups (broad SMARTS) is 1. The Labute approximate surface area is 121 Å². The van der Waals surface area contributed by atoms with Crippen molar-refractivity contribution in [3.63, 3.8) is 0 Å². The van der Waals surface area contributed by atoms with Crippen LogP contribution in [0.5, 0.6) is 0 Å². The number of piperidine rings is 1. The monoisotopic (exact) mass is 285 g/mol. The van der Waals surface area contributed by atoms with Crippen molar-refractivity contribution >= 4 is 11.9 Å². The van der Waals surface area contributed by atoms with E-state index in [1.54, 1.807) is 0 Å². The highest BCUT2D eigenvalue weighted by Crippen LogP contribution is 2.27. The first-order valence-corrected chi connectivity index (χ1v) is 7.54. The van der Waals surface area contributed by atoms with Crippen molar-refractivity contribution in [2.24, 2.45) is 0 Å². The van der Waals surface area contributed by atoms with Crippen molar-refractivity contribution in [2.45, 2.75) is 76.9 Å². The van der Waals surface area contributed by atoms with E-state index in [0.717, 1.165) is 19.3 Å². The van der Waals surface area contributed by atoms with Crippen LogP contribution >= 0.6 is 0 Å². The van der Waals surface area contributed by atoms with Gasteiger partial charge in [0.05, 0.1) is 7.11 Å². The SMILES string of the molecule is COC(=O)C(CCCCC(=O)O)N1C(C)CCCC1C. The van der Waals surface area contributed by atoms with Crippen LogP contribution in [0.25, 0.3) is 0 Å². The van der Waals surface area contributed by atoms with Crippen LogP contribution in [0, 0.1) is 0 Å². The largest absolute Gasteiger partial charge is 0.481 e. The van der Waals surface area contributed by atoms with Crippen LogP contribution in [0.4, 0.5) is 0 Å². The first kappa shape index (κ1) is 17.0. The van der Waals surface area contributed by atoms with Crippen LogP contribution in [0.3, 0.4) is 0 Å². The maximum atomic E-state index is 12.1. The maximum Gasteiger partial charge on any atom is 0.323 e. The molecule has 1 N–H and O–H groups in total. The van der Waals surface area contributed by atoms with Crippen LogP contribution in [0.1, 0.15) is 58.8 Å². The highest BCUT2D eigenvalue weighted by molar-refractivity contribution is 5.75. The van der Waals surface area contributed by atoms with Gasteiger partial charge in [-0.15, -0.1) is 0 Å². The van der Waals surface area contributed by atoms with Crippen molar-refractivity contribution in [1.29, 1.82) is 0 Å². The summed E-state index contributed by atoms with van der Waals surface area (Å²) in [5.74, 6) is -0.972. The summed E-state index contributed by atoms with van der Waals surface area (Å²) < 4.78 is 4.94. The number of hydrogen-bond acceptors (Lipinski definition) is 4. The Morgan fingerprint density at radius 1 is 1.25 bits per heavy atom. The van der Waals surface area contributed by atoms with Crippen molar-refractivity contribution in [2.75, 3.05) is 7.11 Å². The van der Waals surface area contributed by atoms with Gasteiger partial charge < -0.3 is 9.84 Å². The number of unbranched alkanes of at least 4 members (excludes halogenated alkanes) is 1. The fourth-order valence-corrected chi connectivity index (χ4v) is 3.19. The van der Waals surface area contributed by atoms with E-state index in [4.69, 9.17) is 9.84 Å². The predicted molar refractivity (Wildman–Crippen MR) is 76.5 cm³/mol. The van der Waals surface area contributed by atoms with Gasteiger partial charge >= 0.3 is 11.9 Å². The van der Waals surface area contributed by atoms with Gasteiger partial charge in [0.15, 0.2) is 0 Å². The lowest BCUT2D eigenvalue weighted by atomic mass is 9.93. The minimum Gasteiger partial charge on any atom is -0.481 e. The number of rotatable bonds is 7. The van der Waals surface area contributed by atoms with E-state index in [0.29, 0.717) is 24.9 Å². The molecule has 116 valence electrons. The molecule has 0 radical (unpaired) electrons. The van der Waals surface area contributed by atoms with Crippen LogP contribution in [0.15, 0.2) is 0 Å². The lowest BCUT2D eigenvalue weighted by molar-refractivity contribution is -0.150. The summed E-state index contributed by atoms with van der Waals surface area (Å²) in [6.07, 6.45) is 5.60. The topological polar surface area (TPSA) is 66.8 Å². The third-order valence-corrected chi connectivity index (χ3v) is 4.21. The Kier molecular flexibility index (Phi) is 6.99. The molecule has 0 bridgehead atoms. The number of ether oxygens (including phenoxy) is 1. The zero-order valence-electron chi connectivity index (χ0n) is 12.8. The molecule has 1 heterocycles. The molecule has 0 aromatic carbocycles. The predicted octanol–water partition coefficient (Wildman–Crippen LogP) is 2.44.